The van der Waals surface area contributed by atoms with Crippen LogP contribution in [-0.2, 0) is 13.1 Å². The zero-order valence-corrected chi connectivity index (χ0v) is 13.4. The van der Waals surface area contributed by atoms with Gasteiger partial charge in [-0.15, -0.1) is 11.6 Å². The quantitative estimate of drug-likeness (QED) is 0.778. The third-order valence-electron chi connectivity index (χ3n) is 4.18. The highest BCUT2D eigenvalue weighted by Crippen LogP contribution is 2.17. The Morgan fingerprint density at radius 1 is 0.909 bits per heavy atom. The highest BCUT2D eigenvalue weighted by molar-refractivity contribution is 6.18. The number of alkyl halides is 1. The van der Waals surface area contributed by atoms with Crippen LogP contribution in [0.2, 0.25) is 0 Å². The molecule has 0 aromatic heterocycles. The van der Waals surface area contributed by atoms with Crippen LogP contribution in [-0.4, -0.2) is 41.3 Å². The molecule has 1 aliphatic heterocycles. The molecular formula is C19H23ClN2. The van der Waals surface area contributed by atoms with Gasteiger partial charge in [-0.2, -0.15) is 0 Å². The van der Waals surface area contributed by atoms with Crippen molar-refractivity contribution in [2.45, 2.75) is 19.1 Å². The molecule has 2 aromatic rings. The molecular weight excluding hydrogens is 292 g/mol. The Labute approximate surface area is 141 Å². The summed E-state index contributed by atoms with van der Waals surface area (Å²) < 4.78 is 16.1. The van der Waals surface area contributed by atoms with Crippen LogP contribution in [0.4, 0.5) is 0 Å². The van der Waals surface area contributed by atoms with Crippen molar-refractivity contribution in [1.29, 1.82) is 0 Å². The van der Waals surface area contributed by atoms with Crippen molar-refractivity contribution < 1.29 is 2.74 Å². The number of halogens is 1. The van der Waals surface area contributed by atoms with Crippen molar-refractivity contribution >= 4 is 11.6 Å². The first-order chi connectivity index (χ1) is 11.5. The van der Waals surface area contributed by atoms with E-state index >= 15 is 0 Å². The molecule has 2 aromatic carbocycles. The maximum atomic E-state index is 8.06. The highest BCUT2D eigenvalue weighted by atomic mass is 35.5. The van der Waals surface area contributed by atoms with E-state index in [0.717, 1.165) is 26.2 Å². The highest BCUT2D eigenvalue weighted by Gasteiger charge is 2.26. The van der Waals surface area contributed by atoms with Gasteiger partial charge in [-0.1, -0.05) is 60.7 Å². The van der Waals surface area contributed by atoms with Crippen LogP contribution in [0.25, 0.3) is 0 Å². The van der Waals surface area contributed by atoms with Gasteiger partial charge < -0.3 is 0 Å². The fraction of sp³-hybridized carbons (Fsp3) is 0.368. The summed E-state index contributed by atoms with van der Waals surface area (Å²) in [6, 6.07) is 20.2. The zero-order chi connectivity index (χ0) is 17.0. The summed E-state index contributed by atoms with van der Waals surface area (Å²) in [6.45, 7) is 3.95. The van der Waals surface area contributed by atoms with Crippen molar-refractivity contribution in [3.63, 3.8) is 0 Å². The first-order valence-corrected chi connectivity index (χ1v) is 8.13. The number of benzene rings is 2. The van der Waals surface area contributed by atoms with Gasteiger partial charge in [0.05, 0.1) is 0 Å². The smallest absolute Gasteiger partial charge is 0.0452 e. The van der Waals surface area contributed by atoms with Crippen molar-refractivity contribution in [2.75, 3.05) is 25.5 Å². The molecule has 0 saturated carbocycles. The normalized spacial score (nSPS) is 22.1. The summed E-state index contributed by atoms with van der Waals surface area (Å²) in [6.07, 6.45) is 0. The lowest BCUT2D eigenvalue weighted by atomic mass is 10.1. The van der Waals surface area contributed by atoms with E-state index in [4.69, 9.17) is 14.3 Å². The Hall–Kier alpha value is -1.35. The van der Waals surface area contributed by atoms with E-state index in [-0.39, 0.29) is 6.04 Å². The number of hydrogen-bond donors (Lipinski definition) is 0. The number of hydrogen-bond acceptors (Lipinski definition) is 2. The summed E-state index contributed by atoms with van der Waals surface area (Å²) in [7, 11) is 0. The monoisotopic (exact) mass is 316 g/mol. The molecule has 1 aliphatic rings. The molecule has 0 N–H and O–H groups in total. The lowest BCUT2D eigenvalue weighted by Crippen LogP contribution is -2.53. The molecule has 116 valence electrons. The van der Waals surface area contributed by atoms with Crippen LogP contribution < -0.4 is 0 Å². The van der Waals surface area contributed by atoms with Crippen molar-refractivity contribution in [1.82, 2.24) is 9.80 Å². The van der Waals surface area contributed by atoms with Gasteiger partial charge in [0.15, 0.2) is 0 Å². The molecule has 1 heterocycles. The van der Waals surface area contributed by atoms with Crippen LogP contribution >= 0.6 is 11.6 Å². The van der Waals surface area contributed by atoms with Crippen LogP contribution in [0.1, 0.15) is 13.9 Å². The first-order valence-electron chi connectivity index (χ1n) is 8.75. The maximum absolute atomic E-state index is 8.06. The predicted molar refractivity (Wildman–Crippen MR) is 93.1 cm³/mol. The van der Waals surface area contributed by atoms with E-state index < -0.39 is 5.83 Å². The average Bonchev–Trinajstić information content (AvgIpc) is 2.57. The summed E-state index contributed by atoms with van der Waals surface area (Å²) in [4.78, 5) is 4.46. The molecule has 0 bridgehead atoms. The van der Waals surface area contributed by atoms with Gasteiger partial charge in [-0.3, -0.25) is 9.80 Å². The molecule has 0 spiro atoms. The summed E-state index contributed by atoms with van der Waals surface area (Å²) >= 11 is 6.11. The average molecular weight is 317 g/mol. The number of piperazine rings is 1. The van der Waals surface area contributed by atoms with Crippen LogP contribution in [0.3, 0.4) is 0 Å². The van der Waals surface area contributed by atoms with E-state index in [2.05, 4.69) is 34.1 Å². The van der Waals surface area contributed by atoms with Gasteiger partial charge in [-0.05, 0) is 11.1 Å². The van der Waals surface area contributed by atoms with Gasteiger partial charge in [0.25, 0.3) is 0 Å². The molecule has 3 heteroatoms. The number of rotatable bonds is 5. The fourth-order valence-corrected chi connectivity index (χ4v) is 3.18. The third-order valence-corrected chi connectivity index (χ3v) is 4.43. The predicted octanol–water partition coefficient (Wildman–Crippen LogP) is 3.61. The van der Waals surface area contributed by atoms with Gasteiger partial charge in [0, 0.05) is 47.3 Å². The lowest BCUT2D eigenvalue weighted by molar-refractivity contribution is 0.0749. The largest absolute Gasteiger partial charge is 0.296 e. The van der Waals surface area contributed by atoms with Gasteiger partial charge in [-0.25, -0.2) is 0 Å². The first kappa shape index (κ1) is 13.1. The van der Waals surface area contributed by atoms with Crippen LogP contribution in [0.15, 0.2) is 60.7 Å². The standard InChI is InChI=1S/C19H23ClN2/c20-13-19-16-21(14-17-7-3-1-4-8-17)11-12-22(19)15-18-9-5-2-6-10-18/h1-10,19H,11-16H2/i13D2. The van der Waals surface area contributed by atoms with Crippen LogP contribution in [0.5, 0.6) is 0 Å². The minimum Gasteiger partial charge on any atom is -0.296 e. The van der Waals surface area contributed by atoms with E-state index in [0.29, 0.717) is 6.54 Å². The lowest BCUT2D eigenvalue weighted by Gasteiger charge is -2.40. The Bertz CT molecular complexity index is 631. The summed E-state index contributed by atoms with van der Waals surface area (Å²) in [5, 5.41) is 0. The van der Waals surface area contributed by atoms with E-state index in [1.54, 1.807) is 0 Å². The second-order valence-corrected chi connectivity index (χ2v) is 6.02. The van der Waals surface area contributed by atoms with Gasteiger partial charge in [0.1, 0.15) is 0 Å². The van der Waals surface area contributed by atoms with Crippen molar-refractivity contribution in [2.24, 2.45) is 0 Å². The Balaban J connectivity index is 1.69. The minimum absolute atomic E-state index is 0.322. The fourth-order valence-electron chi connectivity index (χ4n) is 2.97. The molecule has 1 saturated heterocycles. The summed E-state index contributed by atoms with van der Waals surface area (Å²) in [5.74, 6) is -1.75. The Morgan fingerprint density at radius 2 is 1.50 bits per heavy atom. The molecule has 0 amide bonds. The summed E-state index contributed by atoms with van der Waals surface area (Å²) in [5.41, 5.74) is 2.45. The second-order valence-electron chi connectivity index (χ2n) is 5.80. The van der Waals surface area contributed by atoms with E-state index in [9.17, 15) is 0 Å². The molecule has 1 atom stereocenters. The maximum Gasteiger partial charge on any atom is 0.0452 e. The Morgan fingerprint density at radius 3 is 2.09 bits per heavy atom. The molecule has 1 fully saturated rings. The van der Waals surface area contributed by atoms with E-state index in [1.807, 2.05) is 36.4 Å². The van der Waals surface area contributed by atoms with Crippen molar-refractivity contribution in [3.05, 3.63) is 71.8 Å². The minimum atomic E-state index is -1.75. The second kappa shape index (κ2) is 7.77. The molecule has 3 rings (SSSR count). The zero-order valence-electron chi connectivity index (χ0n) is 14.7. The Kier molecular flexibility index (Phi) is 4.64. The van der Waals surface area contributed by atoms with Crippen molar-refractivity contribution in [3.8, 4) is 0 Å². The third kappa shape index (κ3) is 4.10. The molecule has 1 unspecified atom stereocenters. The topological polar surface area (TPSA) is 6.48 Å². The van der Waals surface area contributed by atoms with Gasteiger partial charge in [0.2, 0.25) is 0 Å². The van der Waals surface area contributed by atoms with Crippen LogP contribution in [0, 0.1) is 0 Å². The SMILES string of the molecule is [2H]C([2H])(Cl)C1CN(Cc2ccccc2)CCN1Cc1ccccc1. The molecule has 2 nitrogen and oxygen atoms in total. The number of nitrogens with zero attached hydrogens (tertiary/aromatic N) is 2. The van der Waals surface area contributed by atoms with E-state index in [1.165, 1.54) is 11.1 Å². The molecule has 22 heavy (non-hydrogen) atoms. The van der Waals surface area contributed by atoms with Gasteiger partial charge >= 0.3 is 0 Å². The molecule has 0 aliphatic carbocycles. The molecule has 0 radical (unpaired) electrons.